The van der Waals surface area contributed by atoms with Gasteiger partial charge in [0, 0.05) is 35.0 Å². The number of fused-ring (bicyclic) bond motifs is 4. The number of para-hydroxylation sites is 1. The second-order valence-corrected chi connectivity index (χ2v) is 11.4. The zero-order chi connectivity index (χ0) is 27.7. The number of hydrogen-bond acceptors (Lipinski definition) is 2. The summed E-state index contributed by atoms with van der Waals surface area (Å²) in [7, 11) is 2.12. The summed E-state index contributed by atoms with van der Waals surface area (Å²) in [6.07, 6.45) is 8.67. The molecule has 0 N–H and O–H groups in total. The topological polar surface area (TPSA) is 23.6 Å². The Morgan fingerprint density at radius 1 is 0.659 bits per heavy atom. The fourth-order valence-corrected chi connectivity index (χ4v) is 7.15. The van der Waals surface area contributed by atoms with Gasteiger partial charge in [-0.1, -0.05) is 116 Å². The van der Waals surface area contributed by atoms with Gasteiger partial charge >= 0.3 is 0 Å². The average molecular weight is 531 g/mol. The Hall–Kier alpha value is -4.89. The average Bonchev–Trinajstić information content (AvgIpc) is 3.33. The molecule has 0 saturated heterocycles. The molecule has 2 heterocycles. The molecule has 0 bridgehead atoms. The molecule has 3 nitrogen and oxygen atoms in total. The fourth-order valence-electron chi connectivity index (χ4n) is 7.15. The van der Waals surface area contributed by atoms with E-state index in [9.17, 15) is 4.79 Å². The van der Waals surface area contributed by atoms with E-state index in [0.29, 0.717) is 5.92 Å². The smallest absolute Gasteiger partial charge is 0.261 e. The van der Waals surface area contributed by atoms with E-state index < -0.39 is 0 Å². The van der Waals surface area contributed by atoms with Crippen molar-refractivity contribution in [1.29, 1.82) is 0 Å². The first kappa shape index (κ1) is 24.0. The summed E-state index contributed by atoms with van der Waals surface area (Å²) in [5, 5.41) is 2.26. The predicted octanol–water partition coefficient (Wildman–Crippen LogP) is 9.13. The van der Waals surface area contributed by atoms with Crippen LogP contribution in [-0.2, 0) is 0 Å². The molecule has 0 saturated carbocycles. The van der Waals surface area contributed by atoms with Crippen molar-refractivity contribution in [2.24, 2.45) is 5.92 Å². The lowest BCUT2D eigenvalue weighted by Crippen LogP contribution is -2.41. The van der Waals surface area contributed by atoms with E-state index in [0.717, 1.165) is 44.6 Å². The van der Waals surface area contributed by atoms with E-state index in [1.165, 1.54) is 16.5 Å². The molecule has 2 aliphatic heterocycles. The van der Waals surface area contributed by atoms with Crippen LogP contribution in [-0.4, -0.2) is 13.0 Å². The van der Waals surface area contributed by atoms with Crippen molar-refractivity contribution in [2.45, 2.75) is 19.0 Å². The van der Waals surface area contributed by atoms with E-state index >= 15 is 0 Å². The van der Waals surface area contributed by atoms with E-state index in [2.05, 4.69) is 134 Å². The first-order chi connectivity index (χ1) is 20.1. The molecule has 3 unspecified atom stereocenters. The van der Waals surface area contributed by atoms with Crippen molar-refractivity contribution < 1.29 is 4.79 Å². The number of allylic oxidation sites excluding steroid dienone is 4. The molecular formula is C38H30N2O. The zero-order valence-corrected chi connectivity index (χ0v) is 23.2. The highest BCUT2D eigenvalue weighted by molar-refractivity contribution is 6.22. The summed E-state index contributed by atoms with van der Waals surface area (Å²) in [6.45, 7) is 2.28. The van der Waals surface area contributed by atoms with Gasteiger partial charge in [-0.25, -0.2) is 0 Å². The number of nitrogens with zero attached hydrogens (tertiary/aromatic N) is 2. The Balaban J connectivity index is 1.41. The maximum absolute atomic E-state index is 14.8. The van der Waals surface area contributed by atoms with Crippen LogP contribution in [0.5, 0.6) is 0 Å². The summed E-state index contributed by atoms with van der Waals surface area (Å²) in [4.78, 5) is 19.1. The van der Waals surface area contributed by atoms with Crippen LogP contribution in [0.4, 0.5) is 11.4 Å². The molecular weight excluding hydrogens is 500 g/mol. The number of amides is 1. The molecule has 5 aromatic rings. The number of carbonyl (C=O) groups is 1. The van der Waals surface area contributed by atoms with Gasteiger partial charge in [-0.3, -0.25) is 9.69 Å². The highest BCUT2D eigenvalue weighted by atomic mass is 16.2. The molecule has 198 valence electrons. The molecule has 8 rings (SSSR count). The minimum absolute atomic E-state index is 0.0588. The summed E-state index contributed by atoms with van der Waals surface area (Å²) in [5.41, 5.74) is 9.68. The van der Waals surface area contributed by atoms with Crippen molar-refractivity contribution in [3.05, 3.63) is 144 Å². The molecule has 3 heteroatoms. The van der Waals surface area contributed by atoms with Crippen molar-refractivity contribution in [2.75, 3.05) is 16.8 Å². The minimum Gasteiger partial charge on any atom is -0.348 e. The first-order valence-corrected chi connectivity index (χ1v) is 14.4. The molecule has 0 aromatic heterocycles. The van der Waals surface area contributed by atoms with Crippen molar-refractivity contribution >= 4 is 28.1 Å². The standard InChI is InChI=1S/C38H30N2O/c1-24-12-9-10-17-28(24)30-20-21-31-35-32(30)22-27(25-13-5-3-6-14-25)23-33(35)38(41)40-36-29(26-15-7-4-8-16-26)18-11-19-34(36)39(2)37(31)40/h3-24,28,37H,1-2H3. The van der Waals surface area contributed by atoms with E-state index in [1.807, 2.05) is 17.0 Å². The van der Waals surface area contributed by atoms with Crippen LogP contribution in [0.1, 0.15) is 40.5 Å². The molecule has 0 fully saturated rings. The SMILES string of the molecule is CC1C=CC=CC1c1ccc2c3c(cc(-c4ccccc4)cc13)C(=O)N1c3c(-c4ccccc4)cccc3N(C)C21. The Morgan fingerprint density at radius 3 is 2.12 bits per heavy atom. The largest absolute Gasteiger partial charge is 0.348 e. The maximum Gasteiger partial charge on any atom is 0.261 e. The third-order valence-electron chi connectivity index (χ3n) is 9.12. The minimum atomic E-state index is -0.201. The zero-order valence-electron chi connectivity index (χ0n) is 23.2. The number of anilines is 2. The molecule has 3 atom stereocenters. The molecule has 1 aliphatic carbocycles. The van der Waals surface area contributed by atoms with Crippen molar-refractivity contribution in [1.82, 2.24) is 0 Å². The number of benzene rings is 5. The van der Waals surface area contributed by atoms with Gasteiger partial charge in [0.1, 0.15) is 6.17 Å². The van der Waals surface area contributed by atoms with E-state index in [-0.39, 0.29) is 18.0 Å². The fraction of sp³-hybridized carbons (Fsp3) is 0.132. The normalized spacial score (nSPS) is 20.4. The molecule has 3 aliphatic rings. The molecule has 41 heavy (non-hydrogen) atoms. The lowest BCUT2D eigenvalue weighted by atomic mass is 9.79. The summed E-state index contributed by atoms with van der Waals surface area (Å²) >= 11 is 0. The second-order valence-electron chi connectivity index (χ2n) is 11.4. The Bertz CT molecular complexity index is 1900. The van der Waals surface area contributed by atoms with Crippen LogP contribution in [0.2, 0.25) is 0 Å². The van der Waals surface area contributed by atoms with Crippen molar-refractivity contribution in [3.63, 3.8) is 0 Å². The Kier molecular flexibility index (Phi) is 5.30. The van der Waals surface area contributed by atoms with E-state index in [4.69, 9.17) is 0 Å². The lowest BCUT2D eigenvalue weighted by Gasteiger charge is -2.36. The quantitative estimate of drug-likeness (QED) is 0.232. The van der Waals surface area contributed by atoms with Gasteiger partial charge in [0.2, 0.25) is 0 Å². The Morgan fingerprint density at radius 2 is 1.37 bits per heavy atom. The van der Waals surface area contributed by atoms with Gasteiger partial charge < -0.3 is 4.90 Å². The number of hydrogen-bond donors (Lipinski definition) is 0. The first-order valence-electron chi connectivity index (χ1n) is 14.4. The van der Waals surface area contributed by atoms with Gasteiger partial charge in [-0.15, -0.1) is 0 Å². The van der Waals surface area contributed by atoms with Crippen LogP contribution < -0.4 is 9.80 Å². The molecule has 0 radical (unpaired) electrons. The van der Waals surface area contributed by atoms with Gasteiger partial charge in [0.05, 0.1) is 11.4 Å². The van der Waals surface area contributed by atoms with E-state index in [1.54, 1.807) is 0 Å². The number of carbonyl (C=O) groups excluding carboxylic acids is 1. The highest BCUT2D eigenvalue weighted by Crippen LogP contribution is 2.55. The van der Waals surface area contributed by atoms with Crippen LogP contribution >= 0.6 is 0 Å². The summed E-state index contributed by atoms with van der Waals surface area (Å²) < 4.78 is 0. The van der Waals surface area contributed by atoms with Crippen LogP contribution in [0.15, 0.2) is 127 Å². The third kappa shape index (κ3) is 3.48. The molecule has 1 amide bonds. The maximum atomic E-state index is 14.8. The van der Waals surface area contributed by atoms with Crippen LogP contribution in [0, 0.1) is 5.92 Å². The van der Waals surface area contributed by atoms with Gasteiger partial charge in [-0.2, -0.15) is 0 Å². The lowest BCUT2D eigenvalue weighted by molar-refractivity contribution is 0.0977. The predicted molar refractivity (Wildman–Crippen MR) is 169 cm³/mol. The third-order valence-corrected chi connectivity index (χ3v) is 9.12. The second kappa shape index (κ2) is 9.07. The highest BCUT2D eigenvalue weighted by Gasteiger charge is 2.45. The van der Waals surface area contributed by atoms with Gasteiger partial charge in [0.15, 0.2) is 0 Å². The van der Waals surface area contributed by atoms with Crippen LogP contribution in [0.3, 0.4) is 0 Å². The summed E-state index contributed by atoms with van der Waals surface area (Å²) in [6, 6.07) is 36.2. The molecule has 5 aromatic carbocycles. The Labute approximate surface area is 240 Å². The van der Waals surface area contributed by atoms with Gasteiger partial charge in [0.25, 0.3) is 5.91 Å². The number of rotatable bonds is 3. The monoisotopic (exact) mass is 530 g/mol. The van der Waals surface area contributed by atoms with Gasteiger partial charge in [-0.05, 0) is 51.8 Å². The van der Waals surface area contributed by atoms with Crippen molar-refractivity contribution in [3.8, 4) is 22.3 Å². The molecule has 0 spiro atoms. The van der Waals surface area contributed by atoms with Crippen LogP contribution in [0.25, 0.3) is 33.0 Å². The summed E-state index contributed by atoms with van der Waals surface area (Å²) in [5.74, 6) is 0.688.